The molecule has 0 bridgehead atoms. The summed E-state index contributed by atoms with van der Waals surface area (Å²) < 4.78 is 7.18. The maximum Gasteiger partial charge on any atom is 0.339 e. The predicted octanol–water partition coefficient (Wildman–Crippen LogP) is 1.76. The predicted molar refractivity (Wildman–Crippen MR) is 75.3 cm³/mol. The number of aryl methyl sites for hydroxylation is 1. The standard InChI is InChI=1S/C14H17N3O3/c1-16(2)10-5-4-6-11(7-10)20-9-13-12(14(18)19)8-15-17(13)3/h4-8H,9H2,1-3H3,(H,18,19). The van der Waals surface area contributed by atoms with Gasteiger partial charge in [-0.3, -0.25) is 4.68 Å². The Balaban J connectivity index is 2.15. The Labute approximate surface area is 117 Å². The van der Waals surface area contributed by atoms with Crippen LogP contribution in [0.3, 0.4) is 0 Å². The average Bonchev–Trinajstić information content (AvgIpc) is 2.78. The van der Waals surface area contributed by atoms with Gasteiger partial charge in [-0.05, 0) is 12.1 Å². The molecular formula is C14H17N3O3. The molecule has 0 unspecified atom stereocenters. The lowest BCUT2D eigenvalue weighted by atomic mass is 10.2. The zero-order chi connectivity index (χ0) is 14.7. The lowest BCUT2D eigenvalue weighted by Crippen LogP contribution is -2.10. The van der Waals surface area contributed by atoms with Gasteiger partial charge < -0.3 is 14.7 Å². The van der Waals surface area contributed by atoms with Gasteiger partial charge in [-0.15, -0.1) is 0 Å². The van der Waals surface area contributed by atoms with Crippen LogP contribution in [0.2, 0.25) is 0 Å². The van der Waals surface area contributed by atoms with Crippen molar-refractivity contribution in [3.05, 3.63) is 41.7 Å². The molecule has 20 heavy (non-hydrogen) atoms. The molecule has 1 N–H and O–H groups in total. The number of carbonyl (C=O) groups is 1. The Hall–Kier alpha value is -2.50. The molecule has 1 heterocycles. The fraction of sp³-hybridized carbons (Fsp3) is 0.286. The monoisotopic (exact) mass is 275 g/mol. The van der Waals surface area contributed by atoms with E-state index in [1.165, 1.54) is 10.9 Å². The highest BCUT2D eigenvalue weighted by Crippen LogP contribution is 2.20. The summed E-state index contributed by atoms with van der Waals surface area (Å²) >= 11 is 0. The molecule has 6 heteroatoms. The molecule has 0 spiro atoms. The van der Waals surface area contributed by atoms with Gasteiger partial charge in [0.15, 0.2) is 0 Å². The number of carboxylic acids is 1. The highest BCUT2D eigenvalue weighted by Gasteiger charge is 2.15. The molecule has 0 aliphatic rings. The highest BCUT2D eigenvalue weighted by atomic mass is 16.5. The molecule has 0 atom stereocenters. The number of carboxylic acid groups (broad SMARTS) is 1. The molecule has 0 aliphatic carbocycles. The normalized spacial score (nSPS) is 10.3. The SMILES string of the molecule is CN(C)c1cccc(OCc2c(C(=O)O)cnn2C)c1. The van der Waals surface area contributed by atoms with Crippen molar-refractivity contribution in [2.45, 2.75) is 6.61 Å². The third kappa shape index (κ3) is 2.90. The third-order valence-corrected chi connectivity index (χ3v) is 3.00. The highest BCUT2D eigenvalue weighted by molar-refractivity contribution is 5.88. The molecule has 0 saturated heterocycles. The lowest BCUT2D eigenvalue weighted by Gasteiger charge is -2.14. The van der Waals surface area contributed by atoms with Crippen molar-refractivity contribution >= 4 is 11.7 Å². The molecule has 1 aromatic carbocycles. The van der Waals surface area contributed by atoms with E-state index in [0.29, 0.717) is 11.4 Å². The van der Waals surface area contributed by atoms with Gasteiger partial charge in [-0.25, -0.2) is 4.79 Å². The zero-order valence-corrected chi connectivity index (χ0v) is 11.7. The van der Waals surface area contributed by atoms with Gasteiger partial charge >= 0.3 is 5.97 Å². The summed E-state index contributed by atoms with van der Waals surface area (Å²) in [7, 11) is 5.59. The van der Waals surface area contributed by atoms with Crippen LogP contribution in [-0.4, -0.2) is 35.0 Å². The summed E-state index contributed by atoms with van der Waals surface area (Å²) in [6, 6.07) is 7.60. The second-order valence-corrected chi connectivity index (χ2v) is 4.61. The number of hydrogen-bond donors (Lipinski definition) is 1. The molecule has 6 nitrogen and oxygen atoms in total. The van der Waals surface area contributed by atoms with Gasteiger partial charge in [0.25, 0.3) is 0 Å². The lowest BCUT2D eigenvalue weighted by molar-refractivity contribution is 0.0693. The summed E-state index contributed by atoms with van der Waals surface area (Å²) in [5, 5.41) is 13.0. The first-order chi connectivity index (χ1) is 9.49. The molecule has 2 aromatic rings. The Morgan fingerprint density at radius 3 is 2.85 bits per heavy atom. The fourth-order valence-corrected chi connectivity index (χ4v) is 1.82. The topological polar surface area (TPSA) is 67.6 Å². The Morgan fingerprint density at radius 1 is 1.45 bits per heavy atom. The van der Waals surface area contributed by atoms with E-state index in [1.807, 2.05) is 43.3 Å². The molecule has 106 valence electrons. The smallest absolute Gasteiger partial charge is 0.339 e. The van der Waals surface area contributed by atoms with Gasteiger partial charge in [-0.2, -0.15) is 5.10 Å². The number of benzene rings is 1. The van der Waals surface area contributed by atoms with Crippen molar-refractivity contribution in [1.29, 1.82) is 0 Å². The van der Waals surface area contributed by atoms with E-state index in [1.54, 1.807) is 7.05 Å². The minimum Gasteiger partial charge on any atom is -0.487 e. The number of aromatic carboxylic acids is 1. The molecule has 0 fully saturated rings. The Bertz CT molecular complexity index is 620. The van der Waals surface area contributed by atoms with Crippen molar-refractivity contribution in [2.75, 3.05) is 19.0 Å². The summed E-state index contributed by atoms with van der Waals surface area (Å²) in [6.07, 6.45) is 1.33. The number of rotatable bonds is 5. The van der Waals surface area contributed by atoms with Crippen LogP contribution in [-0.2, 0) is 13.7 Å². The van der Waals surface area contributed by atoms with Crippen molar-refractivity contribution in [2.24, 2.45) is 7.05 Å². The van der Waals surface area contributed by atoms with Gasteiger partial charge in [0.1, 0.15) is 17.9 Å². The van der Waals surface area contributed by atoms with Crippen LogP contribution in [0.1, 0.15) is 16.1 Å². The minimum absolute atomic E-state index is 0.162. The fourth-order valence-electron chi connectivity index (χ4n) is 1.82. The van der Waals surface area contributed by atoms with Crippen molar-refractivity contribution in [3.8, 4) is 5.75 Å². The Morgan fingerprint density at radius 2 is 2.20 bits per heavy atom. The van der Waals surface area contributed by atoms with Crippen LogP contribution in [0.25, 0.3) is 0 Å². The van der Waals surface area contributed by atoms with Crippen molar-refractivity contribution in [3.63, 3.8) is 0 Å². The van der Waals surface area contributed by atoms with E-state index >= 15 is 0 Å². The first-order valence-electron chi connectivity index (χ1n) is 6.13. The largest absolute Gasteiger partial charge is 0.487 e. The zero-order valence-electron chi connectivity index (χ0n) is 11.7. The number of nitrogens with zero attached hydrogens (tertiary/aromatic N) is 3. The van der Waals surface area contributed by atoms with E-state index in [9.17, 15) is 4.79 Å². The first-order valence-corrected chi connectivity index (χ1v) is 6.13. The number of ether oxygens (including phenoxy) is 1. The van der Waals surface area contributed by atoms with Crippen molar-refractivity contribution in [1.82, 2.24) is 9.78 Å². The van der Waals surface area contributed by atoms with Crippen LogP contribution >= 0.6 is 0 Å². The van der Waals surface area contributed by atoms with Crippen LogP contribution < -0.4 is 9.64 Å². The van der Waals surface area contributed by atoms with Crippen LogP contribution in [0, 0.1) is 0 Å². The van der Waals surface area contributed by atoms with E-state index in [-0.39, 0.29) is 12.2 Å². The molecule has 0 amide bonds. The summed E-state index contributed by atoms with van der Waals surface area (Å²) in [5.74, 6) is -0.313. The van der Waals surface area contributed by atoms with Gasteiger partial charge in [0, 0.05) is 32.9 Å². The molecule has 0 radical (unpaired) electrons. The van der Waals surface area contributed by atoms with E-state index in [2.05, 4.69) is 5.10 Å². The molecular weight excluding hydrogens is 258 g/mol. The molecule has 0 saturated carbocycles. The average molecular weight is 275 g/mol. The maximum atomic E-state index is 11.1. The van der Waals surface area contributed by atoms with E-state index < -0.39 is 5.97 Å². The molecule has 2 rings (SSSR count). The molecule has 0 aliphatic heterocycles. The van der Waals surface area contributed by atoms with Gasteiger partial charge in [-0.1, -0.05) is 6.07 Å². The number of hydrogen-bond acceptors (Lipinski definition) is 4. The summed E-state index contributed by atoms with van der Waals surface area (Å²) in [4.78, 5) is 13.0. The van der Waals surface area contributed by atoms with E-state index in [4.69, 9.17) is 9.84 Å². The maximum absolute atomic E-state index is 11.1. The Kier molecular flexibility index (Phi) is 3.93. The number of anilines is 1. The minimum atomic E-state index is -1.00. The van der Waals surface area contributed by atoms with Gasteiger partial charge in [0.2, 0.25) is 0 Å². The quantitative estimate of drug-likeness (QED) is 0.900. The van der Waals surface area contributed by atoms with Gasteiger partial charge in [0.05, 0.1) is 11.9 Å². The summed E-state index contributed by atoms with van der Waals surface area (Å²) in [6.45, 7) is 0.162. The van der Waals surface area contributed by atoms with Crippen LogP contribution in [0.4, 0.5) is 5.69 Å². The van der Waals surface area contributed by atoms with E-state index in [0.717, 1.165) is 5.69 Å². The molecule has 1 aromatic heterocycles. The number of aromatic nitrogens is 2. The van der Waals surface area contributed by atoms with Crippen molar-refractivity contribution < 1.29 is 14.6 Å². The first kappa shape index (κ1) is 13.9. The third-order valence-electron chi connectivity index (χ3n) is 3.00. The summed E-state index contributed by atoms with van der Waals surface area (Å²) in [5.41, 5.74) is 1.72. The van der Waals surface area contributed by atoms with Crippen LogP contribution in [0.5, 0.6) is 5.75 Å². The van der Waals surface area contributed by atoms with Crippen LogP contribution in [0.15, 0.2) is 30.5 Å². The second-order valence-electron chi connectivity index (χ2n) is 4.61. The second kappa shape index (κ2) is 5.64.